The molecule has 0 spiro atoms. The van der Waals surface area contributed by atoms with Crippen molar-refractivity contribution in [2.24, 2.45) is 11.5 Å². The Morgan fingerprint density at radius 1 is 1.13 bits per heavy atom. The van der Waals surface area contributed by atoms with Crippen molar-refractivity contribution >= 4 is 17.6 Å². The molecule has 0 saturated carbocycles. The molecule has 0 aliphatic carbocycles. The number of carbonyl (C=O) groups is 2. The molecule has 7 nitrogen and oxygen atoms in total. The minimum Gasteiger partial charge on any atom is -0.384 e. The highest BCUT2D eigenvalue weighted by atomic mass is 16.2. The lowest BCUT2D eigenvalue weighted by Gasteiger charge is -2.30. The first kappa shape index (κ1) is 21.5. The van der Waals surface area contributed by atoms with Gasteiger partial charge in [0.25, 0.3) is 0 Å². The van der Waals surface area contributed by atoms with Crippen LogP contribution in [0.4, 0.5) is 0 Å². The number of nitrogens with one attached hydrogen (secondary N) is 1. The summed E-state index contributed by atoms with van der Waals surface area (Å²) in [5.74, 6) is -0.241. The van der Waals surface area contributed by atoms with Crippen molar-refractivity contribution in [2.45, 2.75) is 37.9 Å². The molecule has 0 radical (unpaired) electrons. The average molecular weight is 408 g/mol. The lowest BCUT2D eigenvalue weighted by molar-refractivity contribution is -0.144. The van der Waals surface area contributed by atoms with E-state index in [0.717, 1.165) is 17.5 Å². The van der Waals surface area contributed by atoms with E-state index in [1.54, 1.807) is 29.0 Å². The third kappa shape index (κ3) is 5.04. The van der Waals surface area contributed by atoms with Crippen molar-refractivity contribution in [3.8, 4) is 0 Å². The topological polar surface area (TPSA) is 117 Å². The standard InChI is InChI=1S/C23H29N5O2/c1-27(15-17-9-11-18(12-10-17)21(25)26)23(30)20-8-5-13-28(20)22(29)19(24)14-16-6-3-2-4-7-16/h2-4,6-7,9-12,19-20H,5,8,13-15,24H2,1H3,(H3,25,26)/t19-,20-/m0/s1. The molecule has 1 aliphatic rings. The highest BCUT2D eigenvalue weighted by Crippen LogP contribution is 2.21. The van der Waals surface area contributed by atoms with Crippen molar-refractivity contribution < 1.29 is 9.59 Å². The van der Waals surface area contributed by atoms with E-state index in [2.05, 4.69) is 0 Å². The maximum absolute atomic E-state index is 13.1. The first-order valence-corrected chi connectivity index (χ1v) is 10.1. The third-order valence-corrected chi connectivity index (χ3v) is 5.50. The number of likely N-dealkylation sites (tertiary alicyclic amines) is 1. The largest absolute Gasteiger partial charge is 0.384 e. The van der Waals surface area contributed by atoms with Crippen LogP contribution in [0.2, 0.25) is 0 Å². The van der Waals surface area contributed by atoms with Crippen LogP contribution in [0, 0.1) is 5.41 Å². The highest BCUT2D eigenvalue weighted by molar-refractivity contribution is 5.95. The van der Waals surface area contributed by atoms with E-state index in [1.807, 2.05) is 42.5 Å². The second-order valence-corrected chi connectivity index (χ2v) is 7.79. The van der Waals surface area contributed by atoms with Crippen molar-refractivity contribution in [3.05, 3.63) is 71.3 Å². The Hall–Kier alpha value is -3.19. The van der Waals surface area contributed by atoms with Crippen LogP contribution >= 0.6 is 0 Å². The van der Waals surface area contributed by atoms with Gasteiger partial charge in [-0.3, -0.25) is 15.0 Å². The molecule has 7 heteroatoms. The fourth-order valence-corrected chi connectivity index (χ4v) is 3.85. The maximum Gasteiger partial charge on any atom is 0.245 e. The summed E-state index contributed by atoms with van der Waals surface area (Å²) in [6, 6.07) is 15.8. The number of carbonyl (C=O) groups excluding carboxylic acids is 2. The van der Waals surface area contributed by atoms with E-state index in [1.165, 1.54) is 0 Å². The van der Waals surface area contributed by atoms with Crippen molar-refractivity contribution in [1.29, 1.82) is 5.41 Å². The minimum atomic E-state index is -0.662. The molecule has 30 heavy (non-hydrogen) atoms. The summed E-state index contributed by atoms with van der Waals surface area (Å²) in [7, 11) is 1.74. The van der Waals surface area contributed by atoms with E-state index < -0.39 is 12.1 Å². The molecular weight excluding hydrogens is 378 g/mol. The second-order valence-electron chi connectivity index (χ2n) is 7.79. The van der Waals surface area contributed by atoms with Gasteiger partial charge in [0.05, 0.1) is 6.04 Å². The van der Waals surface area contributed by atoms with E-state index in [0.29, 0.717) is 31.5 Å². The predicted molar refractivity (Wildman–Crippen MR) is 117 cm³/mol. The molecule has 2 aromatic carbocycles. The number of nitrogen functional groups attached to an aromatic ring is 1. The molecule has 0 unspecified atom stereocenters. The molecule has 1 aliphatic heterocycles. The molecule has 5 N–H and O–H groups in total. The Labute approximate surface area is 177 Å². The van der Waals surface area contributed by atoms with Crippen LogP contribution in [-0.2, 0) is 22.6 Å². The van der Waals surface area contributed by atoms with Gasteiger partial charge < -0.3 is 21.3 Å². The second kappa shape index (κ2) is 9.54. The molecule has 3 rings (SSSR count). The number of hydrogen-bond donors (Lipinski definition) is 3. The number of rotatable bonds is 7. The highest BCUT2D eigenvalue weighted by Gasteiger charge is 2.37. The Kier molecular flexibility index (Phi) is 6.84. The summed E-state index contributed by atoms with van der Waals surface area (Å²) in [4.78, 5) is 29.3. The number of amides is 2. The summed E-state index contributed by atoms with van der Waals surface area (Å²) in [6.07, 6.45) is 1.90. The van der Waals surface area contributed by atoms with Gasteiger partial charge in [0.15, 0.2) is 0 Å². The molecule has 1 fully saturated rings. The number of benzene rings is 2. The summed E-state index contributed by atoms with van der Waals surface area (Å²) in [5, 5.41) is 7.46. The molecule has 0 bridgehead atoms. The molecular formula is C23H29N5O2. The smallest absolute Gasteiger partial charge is 0.245 e. The zero-order valence-electron chi connectivity index (χ0n) is 17.3. The molecule has 2 atom stereocenters. The molecule has 1 heterocycles. The minimum absolute atomic E-state index is 0.0120. The van der Waals surface area contributed by atoms with Gasteiger partial charge in [0.1, 0.15) is 11.9 Å². The van der Waals surface area contributed by atoms with Crippen LogP contribution in [0.1, 0.15) is 29.5 Å². The fourth-order valence-electron chi connectivity index (χ4n) is 3.85. The average Bonchev–Trinajstić information content (AvgIpc) is 3.23. The van der Waals surface area contributed by atoms with Crippen molar-refractivity contribution in [3.63, 3.8) is 0 Å². The monoisotopic (exact) mass is 407 g/mol. The zero-order valence-corrected chi connectivity index (χ0v) is 17.3. The van der Waals surface area contributed by atoms with Crippen LogP contribution in [0.5, 0.6) is 0 Å². The summed E-state index contributed by atoms with van der Waals surface area (Å²) in [5.41, 5.74) is 14.3. The van der Waals surface area contributed by atoms with Crippen molar-refractivity contribution in [2.75, 3.05) is 13.6 Å². The Morgan fingerprint density at radius 3 is 2.43 bits per heavy atom. The first-order chi connectivity index (χ1) is 14.4. The van der Waals surface area contributed by atoms with Crippen LogP contribution in [-0.4, -0.2) is 53.1 Å². The molecule has 158 valence electrons. The van der Waals surface area contributed by atoms with Gasteiger partial charge in [-0.15, -0.1) is 0 Å². The number of likely N-dealkylation sites (N-methyl/N-ethyl adjacent to an activating group) is 1. The Bertz CT molecular complexity index is 898. The van der Waals surface area contributed by atoms with Crippen LogP contribution in [0.15, 0.2) is 54.6 Å². The van der Waals surface area contributed by atoms with Crippen molar-refractivity contribution in [1.82, 2.24) is 9.80 Å². The Balaban J connectivity index is 1.62. The van der Waals surface area contributed by atoms with E-state index >= 15 is 0 Å². The maximum atomic E-state index is 13.1. The predicted octanol–water partition coefficient (Wildman–Crippen LogP) is 1.49. The van der Waals surface area contributed by atoms with Crippen LogP contribution in [0.3, 0.4) is 0 Å². The van der Waals surface area contributed by atoms with Gasteiger partial charge in [-0.1, -0.05) is 54.6 Å². The van der Waals surface area contributed by atoms with Gasteiger partial charge in [0, 0.05) is 25.7 Å². The number of nitrogens with zero attached hydrogens (tertiary/aromatic N) is 2. The van der Waals surface area contributed by atoms with E-state index in [4.69, 9.17) is 16.9 Å². The molecule has 0 aromatic heterocycles. The SMILES string of the molecule is CN(Cc1ccc(C(=N)N)cc1)C(=O)[C@@H]1CCCN1C(=O)[C@@H](N)Cc1ccccc1. The van der Waals surface area contributed by atoms with Gasteiger partial charge >= 0.3 is 0 Å². The van der Waals surface area contributed by atoms with Gasteiger partial charge in [-0.25, -0.2) is 0 Å². The summed E-state index contributed by atoms with van der Waals surface area (Å²) in [6.45, 7) is 0.977. The molecule has 2 aromatic rings. The lowest BCUT2D eigenvalue weighted by Crippen LogP contribution is -2.51. The summed E-state index contributed by atoms with van der Waals surface area (Å²) >= 11 is 0. The Morgan fingerprint density at radius 2 is 1.80 bits per heavy atom. The first-order valence-electron chi connectivity index (χ1n) is 10.1. The quantitative estimate of drug-likeness (QED) is 0.476. The third-order valence-electron chi connectivity index (χ3n) is 5.50. The summed E-state index contributed by atoms with van der Waals surface area (Å²) < 4.78 is 0. The number of hydrogen-bond acceptors (Lipinski definition) is 4. The fraction of sp³-hybridized carbons (Fsp3) is 0.348. The van der Waals surface area contributed by atoms with E-state index in [9.17, 15) is 9.59 Å². The van der Waals surface area contributed by atoms with E-state index in [-0.39, 0.29) is 17.6 Å². The van der Waals surface area contributed by atoms with Crippen LogP contribution < -0.4 is 11.5 Å². The molecule has 1 saturated heterocycles. The van der Waals surface area contributed by atoms with Gasteiger partial charge in [0.2, 0.25) is 11.8 Å². The number of nitrogens with two attached hydrogens (primary N) is 2. The zero-order chi connectivity index (χ0) is 21.7. The van der Waals surface area contributed by atoms with Gasteiger partial charge in [-0.2, -0.15) is 0 Å². The van der Waals surface area contributed by atoms with Crippen LogP contribution in [0.25, 0.3) is 0 Å². The molecule has 2 amide bonds. The van der Waals surface area contributed by atoms with Gasteiger partial charge in [-0.05, 0) is 30.4 Å². The normalized spacial score (nSPS) is 16.9. The number of amidine groups is 1. The lowest BCUT2D eigenvalue weighted by atomic mass is 10.0.